The Labute approximate surface area is 120 Å². The van der Waals surface area contributed by atoms with E-state index in [0.29, 0.717) is 11.6 Å². The van der Waals surface area contributed by atoms with Crippen molar-refractivity contribution in [3.8, 4) is 6.07 Å². The van der Waals surface area contributed by atoms with Crippen molar-refractivity contribution >= 4 is 5.82 Å². The molecule has 0 radical (unpaired) electrons. The van der Waals surface area contributed by atoms with E-state index < -0.39 is 0 Å². The van der Waals surface area contributed by atoms with Gasteiger partial charge < -0.3 is 9.80 Å². The Balaban J connectivity index is 1.50. The molecular weight excluding hydrogens is 250 g/mol. The maximum Gasteiger partial charge on any atom is 0.128 e. The van der Waals surface area contributed by atoms with Crippen LogP contribution < -0.4 is 4.90 Å². The van der Waals surface area contributed by atoms with Gasteiger partial charge in [-0.1, -0.05) is 6.92 Å². The molecule has 0 aliphatic carbocycles. The summed E-state index contributed by atoms with van der Waals surface area (Å²) in [6.07, 6.45) is 1.66. The number of likely N-dealkylation sites (N-methyl/N-ethyl adjacent to an activating group) is 1. The van der Waals surface area contributed by atoms with E-state index in [1.165, 1.54) is 32.7 Å². The molecular formula is C15H21N5. The summed E-state index contributed by atoms with van der Waals surface area (Å²) in [5, 5.41) is 8.78. The summed E-state index contributed by atoms with van der Waals surface area (Å²) in [7, 11) is 0. The van der Waals surface area contributed by atoms with Crippen LogP contribution in [0.1, 0.15) is 12.5 Å². The van der Waals surface area contributed by atoms with Crippen LogP contribution in [0.3, 0.4) is 0 Å². The second-order valence-electron chi connectivity index (χ2n) is 5.55. The van der Waals surface area contributed by atoms with E-state index in [-0.39, 0.29) is 0 Å². The van der Waals surface area contributed by atoms with Crippen molar-refractivity contribution in [3.05, 3.63) is 23.9 Å². The number of hydrogen-bond donors (Lipinski definition) is 0. The Bertz CT molecular complexity index is 478. The molecule has 0 N–H and O–H groups in total. The third kappa shape index (κ3) is 2.62. The molecule has 0 aromatic carbocycles. The summed E-state index contributed by atoms with van der Waals surface area (Å²) in [6, 6.07) is 6.57. The highest BCUT2D eigenvalue weighted by Crippen LogP contribution is 2.22. The Kier molecular flexibility index (Phi) is 3.86. The van der Waals surface area contributed by atoms with Gasteiger partial charge in [0.2, 0.25) is 0 Å². The van der Waals surface area contributed by atoms with E-state index in [1.54, 1.807) is 6.20 Å². The van der Waals surface area contributed by atoms with E-state index >= 15 is 0 Å². The van der Waals surface area contributed by atoms with Crippen LogP contribution >= 0.6 is 0 Å². The molecule has 0 atom stereocenters. The van der Waals surface area contributed by atoms with Gasteiger partial charge in [-0.05, 0) is 18.7 Å². The average molecular weight is 271 g/mol. The third-order valence-electron chi connectivity index (χ3n) is 4.43. The Morgan fingerprint density at radius 1 is 1.25 bits per heavy atom. The zero-order valence-electron chi connectivity index (χ0n) is 12.0. The van der Waals surface area contributed by atoms with Gasteiger partial charge in [-0.2, -0.15) is 5.26 Å². The molecule has 0 unspecified atom stereocenters. The lowest BCUT2D eigenvalue weighted by atomic mass is 10.1. The first-order valence-electron chi connectivity index (χ1n) is 7.37. The molecule has 106 valence electrons. The molecule has 0 bridgehead atoms. The number of hydrogen-bond acceptors (Lipinski definition) is 5. The molecule has 5 heteroatoms. The minimum atomic E-state index is 0.626. The number of rotatable bonds is 3. The first kappa shape index (κ1) is 13.3. The van der Waals surface area contributed by atoms with Gasteiger partial charge in [-0.3, -0.25) is 4.90 Å². The van der Waals surface area contributed by atoms with Crippen molar-refractivity contribution < 1.29 is 0 Å². The molecule has 2 aliphatic rings. The fraction of sp³-hybridized carbons (Fsp3) is 0.600. The number of anilines is 1. The van der Waals surface area contributed by atoms with Gasteiger partial charge in [-0.25, -0.2) is 4.98 Å². The van der Waals surface area contributed by atoms with Crippen molar-refractivity contribution in [1.29, 1.82) is 5.26 Å². The van der Waals surface area contributed by atoms with Gasteiger partial charge in [0.25, 0.3) is 0 Å². The van der Waals surface area contributed by atoms with Crippen molar-refractivity contribution in [3.63, 3.8) is 0 Å². The predicted molar refractivity (Wildman–Crippen MR) is 78.6 cm³/mol. The van der Waals surface area contributed by atoms with Gasteiger partial charge in [0.05, 0.1) is 5.56 Å². The minimum Gasteiger partial charge on any atom is -0.353 e. The number of nitrogens with zero attached hydrogens (tertiary/aromatic N) is 5. The number of aromatic nitrogens is 1. The molecule has 5 nitrogen and oxygen atoms in total. The Morgan fingerprint density at radius 2 is 2.00 bits per heavy atom. The van der Waals surface area contributed by atoms with Crippen LogP contribution in [-0.2, 0) is 0 Å². The summed E-state index contributed by atoms with van der Waals surface area (Å²) in [6.45, 7) is 10.3. The van der Waals surface area contributed by atoms with Crippen molar-refractivity contribution in [2.75, 3.05) is 50.7 Å². The van der Waals surface area contributed by atoms with E-state index in [4.69, 9.17) is 5.26 Å². The molecule has 3 heterocycles. The van der Waals surface area contributed by atoms with Crippen molar-refractivity contribution in [2.45, 2.75) is 13.0 Å². The van der Waals surface area contributed by atoms with Crippen LogP contribution in [0, 0.1) is 11.3 Å². The average Bonchev–Trinajstić information content (AvgIpc) is 2.47. The number of piperazine rings is 1. The Hall–Kier alpha value is -1.64. The van der Waals surface area contributed by atoms with Crippen molar-refractivity contribution in [2.24, 2.45) is 0 Å². The third-order valence-corrected chi connectivity index (χ3v) is 4.43. The fourth-order valence-electron chi connectivity index (χ4n) is 2.96. The zero-order chi connectivity index (χ0) is 13.9. The number of pyridine rings is 1. The van der Waals surface area contributed by atoms with Crippen molar-refractivity contribution in [1.82, 2.24) is 14.8 Å². The first-order chi connectivity index (χ1) is 9.80. The molecule has 2 saturated heterocycles. The minimum absolute atomic E-state index is 0.626. The predicted octanol–water partition coefficient (Wildman–Crippen LogP) is 0.779. The summed E-state index contributed by atoms with van der Waals surface area (Å²) in [5.41, 5.74) is 0.626. The normalized spacial score (nSPS) is 21.5. The van der Waals surface area contributed by atoms with E-state index in [0.717, 1.165) is 18.9 Å². The van der Waals surface area contributed by atoms with Crippen LogP contribution in [0.4, 0.5) is 5.82 Å². The SMILES string of the molecule is CCN1CCN(C2CN(c3ccc(C#N)cn3)C2)CC1. The van der Waals surface area contributed by atoms with Gasteiger partial charge in [0.15, 0.2) is 0 Å². The molecule has 2 fully saturated rings. The van der Waals surface area contributed by atoms with E-state index in [9.17, 15) is 0 Å². The summed E-state index contributed by atoms with van der Waals surface area (Å²) in [5.74, 6) is 0.993. The van der Waals surface area contributed by atoms with Gasteiger partial charge in [-0.15, -0.1) is 0 Å². The highest BCUT2D eigenvalue weighted by molar-refractivity contribution is 5.45. The molecule has 1 aromatic rings. The van der Waals surface area contributed by atoms with Crippen LogP contribution in [0.2, 0.25) is 0 Å². The zero-order valence-corrected chi connectivity index (χ0v) is 12.0. The van der Waals surface area contributed by atoms with Crippen LogP contribution in [0.5, 0.6) is 0 Å². The quantitative estimate of drug-likeness (QED) is 0.813. The smallest absolute Gasteiger partial charge is 0.128 e. The van der Waals surface area contributed by atoms with Crippen LogP contribution in [0.25, 0.3) is 0 Å². The lowest BCUT2D eigenvalue weighted by Gasteiger charge is -2.48. The topological polar surface area (TPSA) is 46.4 Å². The second kappa shape index (κ2) is 5.78. The first-order valence-corrected chi connectivity index (χ1v) is 7.37. The Morgan fingerprint density at radius 3 is 2.55 bits per heavy atom. The summed E-state index contributed by atoms with van der Waals surface area (Å²) >= 11 is 0. The lowest BCUT2D eigenvalue weighted by Crippen LogP contribution is -2.63. The standard InChI is InChI=1S/C15H21N5/c1-2-18-5-7-19(8-6-18)14-11-20(12-14)15-4-3-13(9-16)10-17-15/h3-4,10,14H,2,5-8,11-12H2,1H3. The van der Waals surface area contributed by atoms with Gasteiger partial charge >= 0.3 is 0 Å². The highest BCUT2D eigenvalue weighted by Gasteiger charge is 2.33. The maximum absolute atomic E-state index is 8.78. The molecule has 0 spiro atoms. The number of nitriles is 1. The molecule has 0 amide bonds. The maximum atomic E-state index is 8.78. The molecule has 3 rings (SSSR count). The summed E-state index contributed by atoms with van der Waals surface area (Å²) in [4.78, 5) is 11.8. The monoisotopic (exact) mass is 271 g/mol. The lowest BCUT2D eigenvalue weighted by molar-refractivity contribution is 0.0859. The second-order valence-corrected chi connectivity index (χ2v) is 5.55. The highest BCUT2D eigenvalue weighted by atomic mass is 15.4. The summed E-state index contributed by atoms with van der Waals surface area (Å²) < 4.78 is 0. The molecule has 0 saturated carbocycles. The van der Waals surface area contributed by atoms with Gasteiger partial charge in [0.1, 0.15) is 11.9 Å². The van der Waals surface area contributed by atoms with Crippen LogP contribution in [-0.4, -0.2) is 66.6 Å². The van der Waals surface area contributed by atoms with Gasteiger partial charge in [0, 0.05) is 51.5 Å². The van der Waals surface area contributed by atoms with Crippen LogP contribution in [0.15, 0.2) is 18.3 Å². The molecule has 2 aliphatic heterocycles. The molecule has 20 heavy (non-hydrogen) atoms. The van der Waals surface area contributed by atoms with E-state index in [2.05, 4.69) is 32.7 Å². The van der Waals surface area contributed by atoms with E-state index in [1.807, 2.05) is 12.1 Å². The fourth-order valence-corrected chi connectivity index (χ4v) is 2.96. The largest absolute Gasteiger partial charge is 0.353 e. The molecule has 1 aromatic heterocycles.